The first-order valence-corrected chi connectivity index (χ1v) is 12.9. The van der Waals surface area contributed by atoms with Crippen LogP contribution in [0.4, 0.5) is 34.6 Å². The highest BCUT2D eigenvalue weighted by Gasteiger charge is 2.31. The number of aliphatic imine (C=N–C) groups is 1. The number of fused-ring (bicyclic) bond motifs is 1. The Kier molecular flexibility index (Phi) is 6.81. The summed E-state index contributed by atoms with van der Waals surface area (Å²) in [7, 11) is -3.28. The smallest absolute Gasteiger partial charge is 0.267 e. The van der Waals surface area contributed by atoms with Crippen molar-refractivity contribution in [3.8, 4) is 17.0 Å². The summed E-state index contributed by atoms with van der Waals surface area (Å²) in [6.07, 6.45) is -0.229. The Morgan fingerprint density at radius 3 is 2.33 bits per heavy atom. The molecule has 0 aliphatic carbocycles. The largest absolute Gasteiger partial charge is 0.480 e. The van der Waals surface area contributed by atoms with Crippen molar-refractivity contribution in [2.75, 3.05) is 16.7 Å². The molecule has 40 heavy (non-hydrogen) atoms. The fourth-order valence-electron chi connectivity index (χ4n) is 4.12. The molecule has 4 N–H and O–H groups in total. The number of nitrogens with two attached hydrogens (primary N) is 1. The van der Waals surface area contributed by atoms with Crippen LogP contribution in [0.5, 0.6) is 5.88 Å². The summed E-state index contributed by atoms with van der Waals surface area (Å²) in [4.78, 5) is 8.76. The van der Waals surface area contributed by atoms with Gasteiger partial charge in [-0.25, -0.2) is 36.0 Å². The second kappa shape index (κ2) is 10.1. The molecule has 1 unspecified atom stereocenters. The molecule has 4 aromatic rings. The normalized spacial score (nSPS) is 14.9. The third-order valence-electron chi connectivity index (χ3n) is 6.01. The van der Waals surface area contributed by atoms with Crippen LogP contribution < -0.4 is 20.1 Å². The molecule has 0 radical (unpaired) electrons. The number of rotatable bonds is 6. The Morgan fingerprint density at radius 2 is 1.65 bits per heavy atom. The van der Waals surface area contributed by atoms with Gasteiger partial charge in [-0.3, -0.25) is 9.62 Å². The van der Waals surface area contributed by atoms with Crippen molar-refractivity contribution in [2.45, 2.75) is 11.1 Å². The van der Waals surface area contributed by atoms with Gasteiger partial charge in [-0.15, -0.1) is 0 Å². The molecule has 3 aromatic carbocycles. The third kappa shape index (κ3) is 4.89. The number of aromatic nitrogens is 1. The number of pyridine rings is 1. The van der Waals surface area contributed by atoms with E-state index >= 15 is 0 Å². The minimum atomic E-state index is -4.48. The van der Waals surface area contributed by atoms with Crippen molar-refractivity contribution in [1.82, 2.24) is 4.98 Å². The third-order valence-corrected chi connectivity index (χ3v) is 7.37. The molecule has 0 bridgehead atoms. The molecule has 1 aliphatic rings. The number of aliphatic hydroxyl groups excluding tert-OH is 1. The number of aliphatic hydroxyl groups is 1. The topological polar surface area (TPSA) is 130 Å². The molecule has 0 fully saturated rings. The molecule has 5 rings (SSSR count). The van der Waals surface area contributed by atoms with Gasteiger partial charge >= 0.3 is 0 Å². The zero-order valence-electron chi connectivity index (χ0n) is 20.4. The van der Waals surface area contributed by atoms with E-state index in [1.54, 1.807) is 6.07 Å². The number of benzene rings is 3. The molecule has 0 spiro atoms. The van der Waals surface area contributed by atoms with Gasteiger partial charge in [0.05, 0.1) is 24.2 Å². The van der Waals surface area contributed by atoms with E-state index in [4.69, 9.17) is 10.5 Å². The molecule has 1 aromatic heterocycles. The quantitative estimate of drug-likeness (QED) is 0.288. The lowest BCUT2D eigenvalue weighted by Gasteiger charge is -2.33. The molecular weight excluding hydrogens is 554 g/mol. The zero-order valence-corrected chi connectivity index (χ0v) is 21.3. The van der Waals surface area contributed by atoms with Crippen molar-refractivity contribution in [3.05, 3.63) is 95.7 Å². The number of sulfonamides is 1. The lowest BCUT2D eigenvalue weighted by atomic mass is 10.0. The van der Waals surface area contributed by atoms with Gasteiger partial charge in [0.2, 0.25) is 11.8 Å². The Bertz CT molecular complexity index is 1790. The highest BCUT2D eigenvalue weighted by atomic mass is 32.2. The van der Waals surface area contributed by atoms with E-state index < -0.39 is 50.1 Å². The predicted octanol–water partition coefficient (Wildman–Crippen LogP) is 4.57. The number of nitrogens with one attached hydrogen (secondary N) is 1. The monoisotopic (exact) mass is 573 g/mol. The number of anilines is 2. The summed E-state index contributed by atoms with van der Waals surface area (Å²) in [5, 5.41) is 11.1. The maximum absolute atomic E-state index is 14.5. The van der Waals surface area contributed by atoms with Crippen LogP contribution in [0.3, 0.4) is 0 Å². The lowest BCUT2D eigenvalue weighted by molar-refractivity contribution is 0.185. The van der Waals surface area contributed by atoms with E-state index in [0.717, 1.165) is 29.2 Å². The Hall–Kier alpha value is -4.69. The van der Waals surface area contributed by atoms with Gasteiger partial charge in [0.1, 0.15) is 28.2 Å². The van der Waals surface area contributed by atoms with E-state index in [1.807, 2.05) is 4.72 Å². The number of halogens is 4. The summed E-state index contributed by atoms with van der Waals surface area (Å²) in [5.41, 5.74) is 6.31. The molecule has 0 saturated heterocycles. The van der Waals surface area contributed by atoms with Crippen molar-refractivity contribution in [1.29, 1.82) is 0 Å². The van der Waals surface area contributed by atoms with E-state index in [0.29, 0.717) is 17.7 Å². The maximum atomic E-state index is 14.5. The summed E-state index contributed by atoms with van der Waals surface area (Å²) >= 11 is 0. The molecule has 14 heteroatoms. The molecule has 2 heterocycles. The second-order valence-electron chi connectivity index (χ2n) is 8.54. The summed E-state index contributed by atoms with van der Waals surface area (Å²) in [6.45, 7) is 0. The molecule has 0 amide bonds. The lowest BCUT2D eigenvalue weighted by Crippen LogP contribution is -2.42. The van der Waals surface area contributed by atoms with Crippen LogP contribution in [0, 0.1) is 23.3 Å². The fourth-order valence-corrected chi connectivity index (χ4v) is 5.34. The Morgan fingerprint density at radius 1 is 0.950 bits per heavy atom. The van der Waals surface area contributed by atoms with E-state index in [-0.39, 0.29) is 34.3 Å². The van der Waals surface area contributed by atoms with Crippen molar-refractivity contribution in [3.63, 3.8) is 0 Å². The van der Waals surface area contributed by atoms with Crippen LogP contribution in [0.2, 0.25) is 0 Å². The highest BCUT2D eigenvalue weighted by Crippen LogP contribution is 2.39. The number of methoxy groups -OCH3 is 1. The predicted molar refractivity (Wildman–Crippen MR) is 138 cm³/mol. The minimum Gasteiger partial charge on any atom is -0.480 e. The maximum Gasteiger partial charge on any atom is 0.267 e. The van der Waals surface area contributed by atoms with Gasteiger partial charge in [-0.1, -0.05) is 6.07 Å². The molecule has 9 nitrogen and oxygen atoms in total. The van der Waals surface area contributed by atoms with Crippen molar-refractivity contribution >= 4 is 33.0 Å². The summed E-state index contributed by atoms with van der Waals surface area (Å²) < 4.78 is 88.8. The van der Waals surface area contributed by atoms with Crippen LogP contribution in [-0.2, 0) is 10.0 Å². The number of hydrogen-bond donors (Lipinski definition) is 3. The molecule has 1 atom stereocenters. The van der Waals surface area contributed by atoms with E-state index in [9.17, 15) is 31.1 Å². The first-order valence-electron chi connectivity index (χ1n) is 11.4. The number of ether oxygens (including phenoxy) is 1. The Labute approximate surface area is 225 Å². The zero-order chi connectivity index (χ0) is 28.8. The van der Waals surface area contributed by atoms with Crippen LogP contribution in [0.15, 0.2) is 76.7 Å². The first kappa shape index (κ1) is 26.9. The van der Waals surface area contributed by atoms with Crippen molar-refractivity contribution < 1.29 is 35.8 Å². The molecule has 206 valence electrons. The molecule has 0 saturated carbocycles. The van der Waals surface area contributed by atoms with Crippen LogP contribution in [0.1, 0.15) is 11.8 Å². The van der Waals surface area contributed by atoms with Gasteiger partial charge in [0, 0.05) is 29.5 Å². The van der Waals surface area contributed by atoms with Gasteiger partial charge in [-0.2, -0.15) is 0 Å². The highest BCUT2D eigenvalue weighted by molar-refractivity contribution is 7.92. The average Bonchev–Trinajstić information content (AvgIpc) is 2.91. The van der Waals surface area contributed by atoms with Gasteiger partial charge in [-0.05, 0) is 48.0 Å². The number of nitrogens with zero attached hydrogens (tertiary/aromatic N) is 3. The SMILES string of the molecule is COc1ncc(-c2ccc3c(c2)C(O)N(c2ccc(F)cc2F)C(N)=N3)cc1S(=O)(=O)Nc1ccc(F)cc1F. The molecule has 1 aliphatic heterocycles. The van der Waals surface area contributed by atoms with Gasteiger partial charge in [0.15, 0.2) is 6.23 Å². The van der Waals surface area contributed by atoms with Gasteiger partial charge in [0.25, 0.3) is 10.0 Å². The standard InChI is InChI=1S/C26H19F4N5O4S/c1-39-24-23(40(37,38)34-21-6-3-15(27)10-18(21)29)9-14(12-32-24)13-2-5-20-17(8-13)25(36)35(26(31)33-20)22-7-4-16(28)11-19(22)30/h2-12,25,34,36H,1H3,(H2,31,33). The summed E-state index contributed by atoms with van der Waals surface area (Å²) in [5.74, 6) is -4.35. The Balaban J connectivity index is 1.54. The van der Waals surface area contributed by atoms with Gasteiger partial charge < -0.3 is 15.6 Å². The van der Waals surface area contributed by atoms with Crippen LogP contribution in [-0.4, -0.2) is 31.6 Å². The number of hydrogen-bond acceptors (Lipinski definition) is 8. The number of guanidine groups is 1. The van der Waals surface area contributed by atoms with Crippen LogP contribution in [0.25, 0.3) is 11.1 Å². The fraction of sp³-hybridized carbons (Fsp3) is 0.0769. The summed E-state index contributed by atoms with van der Waals surface area (Å²) in [6, 6.07) is 10.8. The second-order valence-corrected chi connectivity index (χ2v) is 10.2. The van der Waals surface area contributed by atoms with Crippen molar-refractivity contribution in [2.24, 2.45) is 10.7 Å². The first-order chi connectivity index (χ1) is 19.0. The minimum absolute atomic E-state index is 0.183. The molecular formula is C26H19F4N5O4S. The average molecular weight is 574 g/mol. The van der Waals surface area contributed by atoms with Crippen LogP contribution >= 0.6 is 0 Å². The van der Waals surface area contributed by atoms with E-state index in [1.165, 1.54) is 31.5 Å². The van der Waals surface area contributed by atoms with E-state index in [2.05, 4.69) is 9.98 Å².